The predicted molar refractivity (Wildman–Crippen MR) is 119 cm³/mol. The van der Waals surface area contributed by atoms with Crippen LogP contribution in [0.5, 0.6) is 0 Å². The fraction of sp³-hybridized carbons (Fsp3) is 0.381. The van der Waals surface area contributed by atoms with E-state index in [1.54, 1.807) is 11.4 Å². The molecule has 1 aromatic carbocycles. The van der Waals surface area contributed by atoms with Crippen LogP contribution < -0.4 is 11.2 Å². The predicted octanol–water partition coefficient (Wildman–Crippen LogP) is 2.70. The number of hydrogen-bond donors (Lipinski definition) is 0. The summed E-state index contributed by atoms with van der Waals surface area (Å²) in [5.41, 5.74) is 1.97. The van der Waals surface area contributed by atoms with Crippen LogP contribution in [0.15, 0.2) is 44.5 Å². The fourth-order valence-corrected chi connectivity index (χ4v) is 3.98. The lowest BCUT2D eigenvalue weighted by Gasteiger charge is -2.08. The third kappa shape index (κ3) is 3.52. The highest BCUT2D eigenvalue weighted by Gasteiger charge is 2.20. The zero-order chi connectivity index (χ0) is 21.4. The van der Waals surface area contributed by atoms with Gasteiger partial charge in [-0.05, 0) is 38.0 Å². The molecule has 9 heteroatoms. The van der Waals surface area contributed by atoms with Crippen LogP contribution >= 0.6 is 15.9 Å². The van der Waals surface area contributed by atoms with Crippen LogP contribution in [0.25, 0.3) is 16.9 Å². The second-order valence-corrected chi connectivity index (χ2v) is 8.20. The third-order valence-electron chi connectivity index (χ3n) is 5.27. The molecule has 0 aliphatic heterocycles. The van der Waals surface area contributed by atoms with Crippen LogP contribution in [0, 0.1) is 6.92 Å². The van der Waals surface area contributed by atoms with Crippen LogP contribution in [0.2, 0.25) is 0 Å². The van der Waals surface area contributed by atoms with Gasteiger partial charge in [0.15, 0.2) is 11.2 Å². The van der Waals surface area contributed by atoms with Crippen LogP contribution in [0.1, 0.15) is 24.6 Å². The van der Waals surface area contributed by atoms with Gasteiger partial charge in [-0.3, -0.25) is 18.3 Å². The summed E-state index contributed by atoms with van der Waals surface area (Å²) in [5, 5.41) is 0. The number of aryl methyl sites for hydroxylation is 3. The van der Waals surface area contributed by atoms with Gasteiger partial charge in [-0.25, -0.2) is 4.79 Å². The molecule has 3 aromatic heterocycles. The highest BCUT2D eigenvalue weighted by atomic mass is 79.9. The van der Waals surface area contributed by atoms with Gasteiger partial charge in [0.1, 0.15) is 0 Å². The molecule has 8 nitrogen and oxygen atoms in total. The molecule has 0 aliphatic carbocycles. The molecule has 0 aliphatic rings. The molecule has 0 unspecified atom stereocenters. The van der Waals surface area contributed by atoms with Crippen molar-refractivity contribution in [3.63, 3.8) is 0 Å². The number of hydrogen-bond acceptors (Lipinski definition) is 4. The number of halogens is 1. The molecule has 3 heterocycles. The van der Waals surface area contributed by atoms with Crippen molar-refractivity contribution in [2.75, 3.05) is 13.2 Å². The number of fused-ring (bicyclic) bond motifs is 3. The second-order valence-electron chi connectivity index (χ2n) is 7.29. The number of benzene rings is 1. The average Bonchev–Trinajstić information content (AvgIpc) is 3.24. The van der Waals surface area contributed by atoms with E-state index in [-0.39, 0.29) is 17.8 Å². The maximum Gasteiger partial charge on any atom is 0.332 e. The lowest BCUT2D eigenvalue weighted by molar-refractivity contribution is 0.142. The largest absolute Gasteiger partial charge is 0.382 e. The second kappa shape index (κ2) is 8.23. The molecule has 0 amide bonds. The van der Waals surface area contributed by atoms with Gasteiger partial charge in [0, 0.05) is 43.2 Å². The first-order valence-electron chi connectivity index (χ1n) is 9.92. The summed E-state index contributed by atoms with van der Waals surface area (Å²) in [5.74, 6) is 0.660. The first-order valence-corrected chi connectivity index (χ1v) is 10.7. The first-order chi connectivity index (χ1) is 14.4. The zero-order valence-electron chi connectivity index (χ0n) is 17.3. The number of ether oxygens (including phenoxy) is 1. The molecule has 4 aromatic rings. The third-order valence-corrected chi connectivity index (χ3v) is 5.80. The SMILES string of the molecule is CCOCCCn1c(C)cn2c3c(=O)n(Cc4ccc(Br)cc4)c(=O)n(C)c3nc12. The first kappa shape index (κ1) is 20.6. The van der Waals surface area contributed by atoms with Crippen LogP contribution in [0.3, 0.4) is 0 Å². The lowest BCUT2D eigenvalue weighted by Crippen LogP contribution is -2.39. The van der Waals surface area contributed by atoms with Gasteiger partial charge in [-0.2, -0.15) is 4.98 Å². The molecule has 0 bridgehead atoms. The van der Waals surface area contributed by atoms with Gasteiger partial charge in [0.2, 0.25) is 5.78 Å². The Morgan fingerprint density at radius 1 is 1.13 bits per heavy atom. The molecule has 0 saturated carbocycles. The van der Waals surface area contributed by atoms with Gasteiger partial charge >= 0.3 is 5.69 Å². The summed E-state index contributed by atoms with van der Waals surface area (Å²) in [7, 11) is 1.65. The smallest absolute Gasteiger partial charge is 0.332 e. The number of nitrogens with zero attached hydrogens (tertiary/aromatic N) is 5. The van der Waals surface area contributed by atoms with E-state index in [1.807, 2.05) is 44.3 Å². The van der Waals surface area contributed by atoms with E-state index in [0.717, 1.165) is 28.7 Å². The van der Waals surface area contributed by atoms with E-state index in [1.165, 1.54) is 9.13 Å². The summed E-state index contributed by atoms with van der Waals surface area (Å²) >= 11 is 3.41. The number of imidazole rings is 2. The van der Waals surface area contributed by atoms with Crippen molar-refractivity contribution in [3.8, 4) is 0 Å². The van der Waals surface area contributed by atoms with Crippen molar-refractivity contribution in [3.05, 3.63) is 67.0 Å². The minimum absolute atomic E-state index is 0.204. The van der Waals surface area contributed by atoms with Gasteiger partial charge in [0.05, 0.1) is 6.54 Å². The molecular formula is C21H24BrN5O3. The fourth-order valence-electron chi connectivity index (χ4n) is 3.71. The number of aromatic nitrogens is 5. The van der Waals surface area contributed by atoms with Crippen molar-refractivity contribution in [2.24, 2.45) is 7.05 Å². The van der Waals surface area contributed by atoms with Crippen LogP contribution in [-0.4, -0.2) is 36.3 Å². The van der Waals surface area contributed by atoms with Crippen LogP contribution in [0.4, 0.5) is 0 Å². The van der Waals surface area contributed by atoms with E-state index in [9.17, 15) is 9.59 Å². The Morgan fingerprint density at radius 2 is 1.87 bits per heavy atom. The van der Waals surface area contributed by atoms with Crippen molar-refractivity contribution >= 4 is 32.9 Å². The standard InChI is InChI=1S/C21H24BrN5O3/c1-4-30-11-5-10-25-14(2)12-26-17-18(23-20(25)26)24(3)21(29)27(19(17)28)13-15-6-8-16(22)9-7-15/h6-9,12H,4-5,10-11,13H2,1-3H3. The Bertz CT molecular complexity index is 1330. The Hall–Kier alpha value is -2.65. The molecule has 0 N–H and O–H groups in total. The van der Waals surface area contributed by atoms with Gasteiger partial charge in [-0.15, -0.1) is 0 Å². The normalized spacial score (nSPS) is 11.7. The summed E-state index contributed by atoms with van der Waals surface area (Å²) in [4.78, 5) is 30.9. The monoisotopic (exact) mass is 473 g/mol. The van der Waals surface area contributed by atoms with Crippen molar-refractivity contribution < 1.29 is 4.74 Å². The van der Waals surface area contributed by atoms with Crippen molar-refractivity contribution in [1.82, 2.24) is 23.1 Å². The summed E-state index contributed by atoms with van der Waals surface area (Å²) in [6.45, 7) is 6.25. The molecule has 0 atom stereocenters. The lowest BCUT2D eigenvalue weighted by atomic mass is 10.2. The maximum atomic E-state index is 13.3. The minimum Gasteiger partial charge on any atom is -0.382 e. The Morgan fingerprint density at radius 3 is 2.57 bits per heavy atom. The maximum absolute atomic E-state index is 13.3. The summed E-state index contributed by atoms with van der Waals surface area (Å²) in [6, 6.07) is 7.58. The van der Waals surface area contributed by atoms with Gasteiger partial charge in [0.25, 0.3) is 5.56 Å². The quantitative estimate of drug-likeness (QED) is 0.386. The summed E-state index contributed by atoms with van der Waals surface area (Å²) in [6.07, 6.45) is 2.75. The van der Waals surface area contributed by atoms with Crippen molar-refractivity contribution in [2.45, 2.75) is 33.4 Å². The number of rotatable bonds is 7. The highest BCUT2D eigenvalue weighted by molar-refractivity contribution is 9.10. The molecule has 0 radical (unpaired) electrons. The van der Waals surface area contributed by atoms with Gasteiger partial charge < -0.3 is 9.30 Å². The molecule has 158 valence electrons. The Balaban J connectivity index is 1.84. The molecule has 0 spiro atoms. The molecule has 0 saturated heterocycles. The van der Waals surface area contributed by atoms with Crippen LogP contribution in [-0.2, 0) is 24.9 Å². The zero-order valence-corrected chi connectivity index (χ0v) is 18.8. The van der Waals surface area contributed by atoms with E-state index in [0.29, 0.717) is 30.2 Å². The van der Waals surface area contributed by atoms with Crippen molar-refractivity contribution in [1.29, 1.82) is 0 Å². The van der Waals surface area contributed by atoms with Gasteiger partial charge in [-0.1, -0.05) is 28.1 Å². The molecule has 4 rings (SSSR count). The van der Waals surface area contributed by atoms with E-state index in [4.69, 9.17) is 4.74 Å². The molecule has 30 heavy (non-hydrogen) atoms. The Kier molecular flexibility index (Phi) is 5.66. The highest BCUT2D eigenvalue weighted by Crippen LogP contribution is 2.17. The molecule has 0 fully saturated rings. The molecular weight excluding hydrogens is 450 g/mol. The Labute approximate surface area is 181 Å². The van der Waals surface area contributed by atoms with E-state index in [2.05, 4.69) is 25.5 Å². The topological polar surface area (TPSA) is 75.5 Å². The van der Waals surface area contributed by atoms with E-state index < -0.39 is 0 Å². The summed E-state index contributed by atoms with van der Waals surface area (Å²) < 4.78 is 12.9. The average molecular weight is 474 g/mol. The minimum atomic E-state index is -0.379. The van der Waals surface area contributed by atoms with E-state index >= 15 is 0 Å².